The van der Waals surface area contributed by atoms with Crippen molar-refractivity contribution in [2.45, 2.75) is 33.4 Å². The average Bonchev–Trinajstić information content (AvgIpc) is 3.20. The van der Waals surface area contributed by atoms with Crippen molar-refractivity contribution < 1.29 is 13.6 Å². The van der Waals surface area contributed by atoms with Crippen molar-refractivity contribution in [1.29, 1.82) is 0 Å². The summed E-state index contributed by atoms with van der Waals surface area (Å²) in [5.41, 5.74) is 2.06. The molecule has 4 aromatic rings. The summed E-state index contributed by atoms with van der Waals surface area (Å²) >= 11 is 0. The fourth-order valence-corrected chi connectivity index (χ4v) is 3.98. The lowest BCUT2D eigenvalue weighted by Gasteiger charge is -2.12. The third-order valence-corrected chi connectivity index (χ3v) is 5.56. The van der Waals surface area contributed by atoms with Gasteiger partial charge in [-0.3, -0.25) is 0 Å². The monoisotopic (exact) mass is 494 g/mol. The molecular weight excluding hydrogens is 466 g/mol. The summed E-state index contributed by atoms with van der Waals surface area (Å²) in [5.74, 6) is 0.103. The zero-order valence-corrected chi connectivity index (χ0v) is 20.3. The second kappa shape index (κ2) is 11.3. The molecule has 3 aromatic heterocycles. The molecule has 188 valence electrons. The minimum Gasteiger partial charge on any atom is -0.326 e. The van der Waals surface area contributed by atoms with Gasteiger partial charge >= 0.3 is 0 Å². The van der Waals surface area contributed by atoms with Gasteiger partial charge in [0.05, 0.1) is 18.3 Å². The molecule has 0 spiro atoms. The van der Waals surface area contributed by atoms with Crippen molar-refractivity contribution in [3.63, 3.8) is 0 Å². The molecule has 1 aromatic carbocycles. The molecule has 0 atom stereocenters. The van der Waals surface area contributed by atoms with E-state index in [0.29, 0.717) is 48.9 Å². The van der Waals surface area contributed by atoms with Crippen molar-refractivity contribution in [1.82, 2.24) is 35.1 Å². The van der Waals surface area contributed by atoms with E-state index in [1.807, 2.05) is 31.4 Å². The van der Waals surface area contributed by atoms with Gasteiger partial charge in [-0.15, -0.1) is 0 Å². The van der Waals surface area contributed by atoms with Gasteiger partial charge in [-0.2, -0.15) is 0 Å². The van der Waals surface area contributed by atoms with Crippen LogP contribution in [0.5, 0.6) is 0 Å². The predicted molar refractivity (Wildman–Crippen MR) is 134 cm³/mol. The van der Waals surface area contributed by atoms with Gasteiger partial charge in [0.2, 0.25) is 5.95 Å². The van der Waals surface area contributed by atoms with E-state index in [4.69, 9.17) is 0 Å². The Labute approximate surface area is 207 Å². The number of rotatable bonds is 11. The molecular formula is C25H28F2N8O. The summed E-state index contributed by atoms with van der Waals surface area (Å²) in [6, 6.07) is 6.65. The third-order valence-electron chi connectivity index (χ3n) is 5.56. The highest BCUT2D eigenvalue weighted by atomic mass is 19.1. The van der Waals surface area contributed by atoms with Crippen molar-refractivity contribution in [2.75, 3.05) is 25.0 Å². The maximum atomic E-state index is 14.9. The number of aromatic nitrogens is 5. The Morgan fingerprint density at radius 1 is 1.03 bits per heavy atom. The van der Waals surface area contributed by atoms with Crippen LogP contribution in [0.2, 0.25) is 0 Å². The number of carbonyl (C=O) groups is 1. The molecule has 4 rings (SSSR count). The number of aryl methyl sites for hydroxylation is 1. The summed E-state index contributed by atoms with van der Waals surface area (Å²) in [6.45, 7) is 8.13. The van der Waals surface area contributed by atoms with Gasteiger partial charge in [0.1, 0.15) is 29.1 Å². The molecule has 11 heteroatoms. The molecule has 0 radical (unpaired) electrons. The zero-order valence-electron chi connectivity index (χ0n) is 20.3. The standard InChI is InChI=1S/C25H28F2N8O/c1-15(2)35-16(3)32-24-19(26)10-18(11-21(24)35)23-20(27)14-31-25(34-23)33-22-5-4-17(13-30-22)12-29-7-6-28-8-9-36/h4-5,9-11,13-15,28-29H,6-8,12H2,1-3H3,(H,30,31,33,34). The Hall–Kier alpha value is -3.83. The second-order valence-corrected chi connectivity index (χ2v) is 8.56. The number of carbonyl (C=O) groups excluding carboxylic acids is 1. The van der Waals surface area contributed by atoms with E-state index < -0.39 is 11.6 Å². The summed E-state index contributed by atoms with van der Waals surface area (Å²) in [7, 11) is 0. The van der Waals surface area contributed by atoms with E-state index in [9.17, 15) is 13.6 Å². The first-order chi connectivity index (χ1) is 17.4. The average molecular weight is 495 g/mol. The number of pyridine rings is 1. The Morgan fingerprint density at radius 2 is 1.83 bits per heavy atom. The van der Waals surface area contributed by atoms with Crippen LogP contribution in [0.4, 0.5) is 20.5 Å². The smallest absolute Gasteiger partial charge is 0.229 e. The van der Waals surface area contributed by atoms with Crippen LogP contribution in [0, 0.1) is 18.6 Å². The fourth-order valence-electron chi connectivity index (χ4n) is 3.98. The molecule has 0 bridgehead atoms. The molecule has 3 N–H and O–H groups in total. The Bertz CT molecular complexity index is 1350. The number of benzene rings is 1. The van der Waals surface area contributed by atoms with Gasteiger partial charge in [0, 0.05) is 37.4 Å². The number of imidazole rings is 1. The number of aldehydes is 1. The van der Waals surface area contributed by atoms with E-state index in [0.717, 1.165) is 18.0 Å². The zero-order chi connectivity index (χ0) is 25.7. The van der Waals surface area contributed by atoms with Gasteiger partial charge in [-0.05, 0) is 44.5 Å². The molecule has 0 unspecified atom stereocenters. The first-order valence-corrected chi connectivity index (χ1v) is 11.7. The highest BCUT2D eigenvalue weighted by Gasteiger charge is 2.18. The molecule has 9 nitrogen and oxygen atoms in total. The molecule has 36 heavy (non-hydrogen) atoms. The van der Waals surface area contributed by atoms with Crippen molar-refractivity contribution >= 4 is 29.1 Å². The van der Waals surface area contributed by atoms with Crippen LogP contribution < -0.4 is 16.0 Å². The molecule has 0 aliphatic heterocycles. The van der Waals surface area contributed by atoms with Crippen LogP contribution in [0.15, 0.2) is 36.7 Å². The van der Waals surface area contributed by atoms with Crippen LogP contribution >= 0.6 is 0 Å². The van der Waals surface area contributed by atoms with Crippen LogP contribution in [-0.2, 0) is 11.3 Å². The Morgan fingerprint density at radius 3 is 2.56 bits per heavy atom. The van der Waals surface area contributed by atoms with E-state index in [-0.39, 0.29) is 23.2 Å². The quantitative estimate of drug-likeness (QED) is 0.214. The Balaban J connectivity index is 1.51. The lowest BCUT2D eigenvalue weighted by molar-refractivity contribution is -0.107. The molecule has 0 saturated carbocycles. The van der Waals surface area contributed by atoms with Gasteiger partial charge < -0.3 is 25.3 Å². The van der Waals surface area contributed by atoms with Gasteiger partial charge in [0.25, 0.3) is 0 Å². The van der Waals surface area contributed by atoms with Gasteiger partial charge in [-0.1, -0.05) is 6.07 Å². The number of halogens is 2. The summed E-state index contributed by atoms with van der Waals surface area (Å²) in [4.78, 5) is 27.3. The molecule has 0 aliphatic carbocycles. The third kappa shape index (κ3) is 5.69. The largest absolute Gasteiger partial charge is 0.326 e. The molecule has 0 amide bonds. The highest BCUT2D eigenvalue weighted by molar-refractivity contribution is 5.83. The highest BCUT2D eigenvalue weighted by Crippen LogP contribution is 2.30. The fraction of sp³-hybridized carbons (Fsp3) is 0.320. The van der Waals surface area contributed by atoms with Crippen LogP contribution in [0.1, 0.15) is 31.3 Å². The molecule has 0 fully saturated rings. The number of nitrogens with one attached hydrogen (secondary N) is 3. The molecule has 3 heterocycles. The van der Waals surface area contributed by atoms with Crippen molar-refractivity contribution in [3.05, 3.63) is 59.7 Å². The lowest BCUT2D eigenvalue weighted by Crippen LogP contribution is -2.28. The van der Waals surface area contributed by atoms with Gasteiger partial charge in [-0.25, -0.2) is 28.7 Å². The molecule has 0 saturated heterocycles. The normalized spacial score (nSPS) is 11.4. The van der Waals surface area contributed by atoms with Crippen LogP contribution in [0.25, 0.3) is 22.3 Å². The molecule has 0 aliphatic rings. The first kappa shape index (κ1) is 25.3. The Kier molecular flexibility index (Phi) is 7.91. The first-order valence-electron chi connectivity index (χ1n) is 11.7. The SMILES string of the molecule is Cc1nc2c(F)cc(-c3nc(Nc4ccc(CNCCNCC=O)cn4)ncc3F)cc2n1C(C)C. The number of hydrogen-bond acceptors (Lipinski definition) is 8. The number of hydrogen-bond donors (Lipinski definition) is 3. The van der Waals surface area contributed by atoms with Gasteiger partial charge in [0.15, 0.2) is 11.6 Å². The minimum absolute atomic E-state index is 0.0218. The van der Waals surface area contributed by atoms with Crippen LogP contribution in [-0.4, -0.2) is 50.4 Å². The minimum atomic E-state index is -0.663. The van der Waals surface area contributed by atoms with E-state index in [1.165, 1.54) is 6.07 Å². The number of anilines is 2. The summed E-state index contributed by atoms with van der Waals surface area (Å²) < 4.78 is 31.5. The maximum absolute atomic E-state index is 14.9. The lowest BCUT2D eigenvalue weighted by atomic mass is 10.1. The van der Waals surface area contributed by atoms with E-state index in [2.05, 4.69) is 35.9 Å². The number of fused-ring (bicyclic) bond motifs is 1. The topological polar surface area (TPSA) is 110 Å². The van der Waals surface area contributed by atoms with E-state index >= 15 is 0 Å². The summed E-state index contributed by atoms with van der Waals surface area (Å²) in [5, 5.41) is 9.20. The maximum Gasteiger partial charge on any atom is 0.229 e. The second-order valence-electron chi connectivity index (χ2n) is 8.56. The van der Waals surface area contributed by atoms with E-state index in [1.54, 1.807) is 18.3 Å². The van der Waals surface area contributed by atoms with Crippen molar-refractivity contribution in [3.8, 4) is 11.3 Å². The summed E-state index contributed by atoms with van der Waals surface area (Å²) in [6.07, 6.45) is 3.58. The van der Waals surface area contributed by atoms with Crippen molar-refractivity contribution in [2.24, 2.45) is 0 Å². The number of nitrogens with zero attached hydrogens (tertiary/aromatic N) is 5. The predicted octanol–water partition coefficient (Wildman–Crippen LogP) is 3.68. The van der Waals surface area contributed by atoms with Crippen LogP contribution in [0.3, 0.4) is 0 Å².